The Bertz CT molecular complexity index is 336. The van der Waals surface area contributed by atoms with Gasteiger partial charge < -0.3 is 4.42 Å². The largest absolute Gasteiger partial charge is 0.466 e. The summed E-state index contributed by atoms with van der Waals surface area (Å²) in [6, 6.07) is 0. The van der Waals surface area contributed by atoms with Gasteiger partial charge in [0.2, 0.25) is 0 Å². The van der Waals surface area contributed by atoms with Gasteiger partial charge in [-0.1, -0.05) is 6.92 Å². The maximum atomic E-state index is 5.85. The predicted octanol–water partition coefficient (Wildman–Crippen LogP) is 2.08. The van der Waals surface area contributed by atoms with E-state index >= 15 is 0 Å². The van der Waals surface area contributed by atoms with Crippen molar-refractivity contribution < 1.29 is 4.42 Å². The topological polar surface area (TPSA) is 13.1 Å². The number of hydrogen-bond donors (Lipinski definition) is 0. The van der Waals surface area contributed by atoms with Crippen LogP contribution in [0.25, 0.3) is 0 Å². The first-order chi connectivity index (χ1) is 6.02. The Morgan fingerprint density at radius 3 is 2.69 bits per heavy atom. The van der Waals surface area contributed by atoms with Gasteiger partial charge in [0.05, 0.1) is 0 Å². The summed E-state index contributed by atoms with van der Waals surface area (Å²) < 4.78 is 5.85. The molecule has 1 aromatic rings. The second-order valence-corrected chi connectivity index (χ2v) is 4.83. The van der Waals surface area contributed by atoms with Crippen LogP contribution in [0.1, 0.15) is 42.4 Å². The van der Waals surface area contributed by atoms with Crippen LogP contribution in [0.3, 0.4) is 0 Å². The highest BCUT2D eigenvalue weighted by atomic mass is 16.3. The van der Waals surface area contributed by atoms with Gasteiger partial charge in [-0.15, -0.1) is 0 Å². The van der Waals surface area contributed by atoms with Crippen LogP contribution in [0.5, 0.6) is 0 Å². The van der Waals surface area contributed by atoms with Crippen LogP contribution < -0.4 is 0 Å². The molecule has 0 saturated carbocycles. The van der Waals surface area contributed by atoms with Gasteiger partial charge in [-0.3, -0.25) is 0 Å². The van der Waals surface area contributed by atoms with Crippen molar-refractivity contribution in [2.45, 2.75) is 45.3 Å². The maximum absolute atomic E-state index is 5.85. The molecule has 0 radical (unpaired) electrons. The van der Waals surface area contributed by atoms with Gasteiger partial charge >= 0.3 is 0 Å². The molecule has 1 aliphatic rings. The Labute approximate surface area is 80.9 Å². The summed E-state index contributed by atoms with van der Waals surface area (Å²) in [7, 11) is 2.29. The standard InChI is InChI=1S/C11H17BO/c1-7-8(2)13-10-9(7)5-4-6-11(10,3)12/h4-6,12H2,1-3H3. The summed E-state index contributed by atoms with van der Waals surface area (Å²) in [6.07, 6.45) is 3.77. The van der Waals surface area contributed by atoms with Gasteiger partial charge in [0.1, 0.15) is 19.4 Å². The third-order valence-electron chi connectivity index (χ3n) is 3.35. The normalized spacial score (nSPS) is 27.3. The lowest BCUT2D eigenvalue weighted by Crippen LogP contribution is -2.26. The molecule has 1 nitrogen and oxygen atoms in total. The van der Waals surface area contributed by atoms with Crippen LogP contribution in [0.2, 0.25) is 0 Å². The Morgan fingerprint density at radius 1 is 1.38 bits per heavy atom. The first-order valence-electron chi connectivity index (χ1n) is 5.12. The van der Waals surface area contributed by atoms with E-state index in [1.54, 1.807) is 0 Å². The average molecular weight is 176 g/mol. The molecule has 1 aliphatic carbocycles. The highest BCUT2D eigenvalue weighted by Gasteiger charge is 2.32. The maximum Gasteiger partial charge on any atom is 0.118 e. The minimum atomic E-state index is 0.257. The van der Waals surface area contributed by atoms with Gasteiger partial charge in [0, 0.05) is 0 Å². The van der Waals surface area contributed by atoms with Crippen molar-refractivity contribution >= 4 is 7.85 Å². The molecule has 0 fully saturated rings. The molecule has 0 amide bonds. The van der Waals surface area contributed by atoms with Crippen molar-refractivity contribution in [3.05, 3.63) is 22.6 Å². The van der Waals surface area contributed by atoms with Crippen molar-refractivity contribution in [2.24, 2.45) is 0 Å². The fourth-order valence-corrected chi connectivity index (χ4v) is 2.34. The molecule has 2 heteroatoms. The third kappa shape index (κ3) is 1.23. The molecular weight excluding hydrogens is 159 g/mol. The molecule has 13 heavy (non-hydrogen) atoms. The van der Waals surface area contributed by atoms with Crippen molar-refractivity contribution in [1.29, 1.82) is 0 Å². The second-order valence-electron chi connectivity index (χ2n) is 4.83. The minimum Gasteiger partial charge on any atom is -0.466 e. The number of furan rings is 1. The molecule has 2 rings (SSSR count). The van der Waals surface area contributed by atoms with Gasteiger partial charge in [-0.25, -0.2) is 0 Å². The predicted molar refractivity (Wildman–Crippen MR) is 57.0 cm³/mol. The van der Waals surface area contributed by atoms with Crippen LogP contribution >= 0.6 is 0 Å². The van der Waals surface area contributed by atoms with Gasteiger partial charge in [-0.05, 0) is 49.6 Å². The number of rotatable bonds is 0. The number of fused-ring (bicyclic) bond motifs is 1. The Hall–Kier alpha value is -0.655. The molecule has 1 heterocycles. The first-order valence-corrected chi connectivity index (χ1v) is 5.12. The molecular formula is C11H17BO. The summed E-state index contributed by atoms with van der Waals surface area (Å²) in [5.74, 6) is 2.36. The summed E-state index contributed by atoms with van der Waals surface area (Å²) in [5.41, 5.74) is 2.86. The highest BCUT2D eigenvalue weighted by Crippen LogP contribution is 2.38. The van der Waals surface area contributed by atoms with Crippen molar-refractivity contribution in [1.82, 2.24) is 0 Å². The zero-order chi connectivity index (χ0) is 9.64. The fraction of sp³-hybridized carbons (Fsp3) is 0.636. The van der Waals surface area contributed by atoms with E-state index in [0.29, 0.717) is 0 Å². The van der Waals surface area contributed by atoms with E-state index in [-0.39, 0.29) is 5.31 Å². The van der Waals surface area contributed by atoms with Gasteiger partial charge in [-0.2, -0.15) is 0 Å². The lowest BCUT2D eigenvalue weighted by Gasteiger charge is -2.28. The summed E-state index contributed by atoms with van der Waals surface area (Å²) in [5, 5.41) is 0.257. The quantitative estimate of drug-likeness (QED) is 0.551. The van der Waals surface area contributed by atoms with Crippen molar-refractivity contribution in [3.63, 3.8) is 0 Å². The lowest BCUT2D eigenvalue weighted by atomic mass is 9.62. The zero-order valence-corrected chi connectivity index (χ0v) is 9.03. The molecule has 1 aromatic heterocycles. The molecule has 1 atom stereocenters. The smallest absolute Gasteiger partial charge is 0.118 e. The minimum absolute atomic E-state index is 0.257. The average Bonchev–Trinajstić information content (AvgIpc) is 2.32. The van der Waals surface area contributed by atoms with Crippen LogP contribution in [0.15, 0.2) is 4.42 Å². The second kappa shape index (κ2) is 2.66. The summed E-state index contributed by atoms with van der Waals surface area (Å²) in [4.78, 5) is 0. The Kier molecular flexibility index (Phi) is 1.83. The molecule has 0 spiro atoms. The fourth-order valence-electron chi connectivity index (χ4n) is 2.34. The molecule has 70 valence electrons. The van der Waals surface area contributed by atoms with E-state index in [1.807, 2.05) is 0 Å². The van der Waals surface area contributed by atoms with E-state index in [4.69, 9.17) is 4.42 Å². The van der Waals surface area contributed by atoms with Crippen LogP contribution in [0.4, 0.5) is 0 Å². The SMILES string of the molecule is BC1(C)CCCc2c1oc(C)c2C. The van der Waals surface area contributed by atoms with E-state index in [1.165, 1.54) is 36.1 Å². The number of hydrogen-bond acceptors (Lipinski definition) is 1. The number of aryl methyl sites for hydroxylation is 1. The molecule has 0 bridgehead atoms. The zero-order valence-electron chi connectivity index (χ0n) is 9.03. The molecule has 0 saturated heterocycles. The molecule has 0 aliphatic heterocycles. The Morgan fingerprint density at radius 2 is 2.08 bits per heavy atom. The molecule has 0 aromatic carbocycles. The first kappa shape index (κ1) is 8.92. The van der Waals surface area contributed by atoms with Crippen molar-refractivity contribution in [3.8, 4) is 0 Å². The van der Waals surface area contributed by atoms with E-state index in [2.05, 4.69) is 28.6 Å². The summed E-state index contributed by atoms with van der Waals surface area (Å²) >= 11 is 0. The van der Waals surface area contributed by atoms with E-state index in [9.17, 15) is 0 Å². The molecule has 1 unspecified atom stereocenters. The summed E-state index contributed by atoms with van der Waals surface area (Å²) in [6.45, 7) is 6.54. The van der Waals surface area contributed by atoms with Crippen LogP contribution in [-0.2, 0) is 11.7 Å². The van der Waals surface area contributed by atoms with Crippen LogP contribution in [-0.4, -0.2) is 7.85 Å². The van der Waals surface area contributed by atoms with Gasteiger partial charge in [0.15, 0.2) is 0 Å². The monoisotopic (exact) mass is 176 g/mol. The van der Waals surface area contributed by atoms with Gasteiger partial charge in [0.25, 0.3) is 0 Å². The Balaban J connectivity index is 2.59. The van der Waals surface area contributed by atoms with E-state index in [0.717, 1.165) is 5.76 Å². The van der Waals surface area contributed by atoms with E-state index < -0.39 is 0 Å². The van der Waals surface area contributed by atoms with Crippen LogP contribution in [0, 0.1) is 13.8 Å². The third-order valence-corrected chi connectivity index (χ3v) is 3.35. The van der Waals surface area contributed by atoms with Crippen molar-refractivity contribution in [2.75, 3.05) is 0 Å². The molecule has 0 N–H and O–H groups in total. The lowest BCUT2D eigenvalue weighted by molar-refractivity contribution is 0.388. The highest BCUT2D eigenvalue weighted by molar-refractivity contribution is 6.15.